The Labute approximate surface area is 149 Å². The summed E-state index contributed by atoms with van der Waals surface area (Å²) in [4.78, 5) is 28.3. The third-order valence-corrected chi connectivity index (χ3v) is 4.50. The van der Waals surface area contributed by atoms with Gasteiger partial charge in [0.25, 0.3) is 11.8 Å². The van der Waals surface area contributed by atoms with Gasteiger partial charge in [-0.25, -0.2) is 13.8 Å². The fourth-order valence-corrected chi connectivity index (χ4v) is 2.89. The third kappa shape index (κ3) is 3.54. The number of benzene rings is 2. The van der Waals surface area contributed by atoms with Crippen LogP contribution in [0.15, 0.2) is 35.3 Å². The minimum absolute atomic E-state index is 0.106. The van der Waals surface area contributed by atoms with E-state index < -0.39 is 29.0 Å². The highest BCUT2D eigenvalue weighted by Gasteiger charge is 2.20. The molecule has 1 heterocycles. The SMILES string of the molecule is Cc1cc2c(cc1C)=NC(=O)C(CCNC(=O)c1c(F)cccc1F)C=2. The lowest BCUT2D eigenvalue weighted by Crippen LogP contribution is -2.36. The summed E-state index contributed by atoms with van der Waals surface area (Å²) in [6, 6.07) is 7.09. The molecule has 1 aliphatic heterocycles. The number of hydrogen-bond donors (Lipinski definition) is 1. The molecule has 0 fully saturated rings. The van der Waals surface area contributed by atoms with Crippen LogP contribution in [-0.2, 0) is 4.79 Å². The summed E-state index contributed by atoms with van der Waals surface area (Å²) in [6.45, 7) is 4.05. The van der Waals surface area contributed by atoms with Crippen LogP contribution in [0.1, 0.15) is 27.9 Å². The van der Waals surface area contributed by atoms with Crippen molar-refractivity contribution in [3.05, 3.63) is 69.2 Å². The second-order valence-corrected chi connectivity index (χ2v) is 6.36. The lowest BCUT2D eigenvalue weighted by molar-refractivity contribution is -0.120. The summed E-state index contributed by atoms with van der Waals surface area (Å²) in [7, 11) is 0. The number of fused-ring (bicyclic) bond motifs is 1. The van der Waals surface area contributed by atoms with Gasteiger partial charge in [0.2, 0.25) is 0 Å². The van der Waals surface area contributed by atoms with E-state index in [9.17, 15) is 18.4 Å². The molecule has 4 nitrogen and oxygen atoms in total. The zero-order chi connectivity index (χ0) is 18.8. The molecule has 0 saturated heterocycles. The number of hydrogen-bond acceptors (Lipinski definition) is 2. The van der Waals surface area contributed by atoms with Crippen LogP contribution in [-0.4, -0.2) is 18.4 Å². The Hall–Kier alpha value is -2.89. The molecule has 2 aromatic carbocycles. The fourth-order valence-electron chi connectivity index (χ4n) is 2.89. The van der Waals surface area contributed by atoms with Crippen LogP contribution in [0.2, 0.25) is 0 Å². The van der Waals surface area contributed by atoms with E-state index in [1.807, 2.05) is 32.1 Å². The van der Waals surface area contributed by atoms with Crippen molar-refractivity contribution in [2.24, 2.45) is 10.9 Å². The molecule has 26 heavy (non-hydrogen) atoms. The van der Waals surface area contributed by atoms with Crippen molar-refractivity contribution in [2.75, 3.05) is 6.54 Å². The summed E-state index contributed by atoms with van der Waals surface area (Å²) >= 11 is 0. The first-order valence-electron chi connectivity index (χ1n) is 8.30. The molecule has 3 rings (SSSR count). The van der Waals surface area contributed by atoms with Gasteiger partial charge in [-0.3, -0.25) is 9.59 Å². The Bertz CT molecular complexity index is 995. The van der Waals surface area contributed by atoms with Crippen LogP contribution in [0, 0.1) is 31.4 Å². The minimum Gasteiger partial charge on any atom is -0.352 e. The van der Waals surface area contributed by atoms with Crippen molar-refractivity contribution in [2.45, 2.75) is 20.3 Å². The second-order valence-electron chi connectivity index (χ2n) is 6.36. The maximum Gasteiger partial charge on any atom is 0.257 e. The minimum atomic E-state index is -0.919. The first-order valence-corrected chi connectivity index (χ1v) is 8.30. The number of amides is 2. The number of halogens is 2. The van der Waals surface area contributed by atoms with Crippen molar-refractivity contribution in [1.82, 2.24) is 5.32 Å². The number of carbonyl (C=O) groups excluding carboxylic acids is 2. The molecule has 1 unspecified atom stereocenters. The van der Waals surface area contributed by atoms with E-state index in [-0.39, 0.29) is 12.5 Å². The molecule has 134 valence electrons. The Morgan fingerprint density at radius 2 is 1.81 bits per heavy atom. The van der Waals surface area contributed by atoms with Crippen LogP contribution in [0.3, 0.4) is 0 Å². The molecule has 1 aliphatic rings. The molecule has 2 aromatic rings. The lowest BCUT2D eigenvalue weighted by atomic mass is 9.98. The molecule has 6 heteroatoms. The van der Waals surface area contributed by atoms with Gasteiger partial charge in [-0.1, -0.05) is 12.1 Å². The van der Waals surface area contributed by atoms with Crippen LogP contribution in [0.25, 0.3) is 6.08 Å². The quantitative estimate of drug-likeness (QED) is 0.910. The van der Waals surface area contributed by atoms with Gasteiger partial charge in [0, 0.05) is 6.54 Å². The lowest BCUT2D eigenvalue weighted by Gasteiger charge is -2.14. The third-order valence-electron chi connectivity index (χ3n) is 4.50. The number of nitrogens with zero attached hydrogens (tertiary/aromatic N) is 1. The molecule has 1 N–H and O–H groups in total. The molecule has 1 atom stereocenters. The van der Waals surface area contributed by atoms with Gasteiger partial charge >= 0.3 is 0 Å². The van der Waals surface area contributed by atoms with Gasteiger partial charge < -0.3 is 5.32 Å². The van der Waals surface area contributed by atoms with E-state index in [1.165, 1.54) is 6.07 Å². The van der Waals surface area contributed by atoms with Crippen LogP contribution < -0.4 is 15.9 Å². The normalized spacial score (nSPS) is 15.7. The molecule has 0 spiro atoms. The van der Waals surface area contributed by atoms with Crippen molar-refractivity contribution < 1.29 is 18.4 Å². The summed E-state index contributed by atoms with van der Waals surface area (Å²) in [5.74, 6) is -3.44. The van der Waals surface area contributed by atoms with Gasteiger partial charge in [-0.15, -0.1) is 0 Å². The average Bonchev–Trinajstić information content (AvgIpc) is 2.57. The molecule has 0 saturated carbocycles. The smallest absolute Gasteiger partial charge is 0.257 e. The Morgan fingerprint density at radius 1 is 1.15 bits per heavy atom. The van der Waals surface area contributed by atoms with Gasteiger partial charge in [0.1, 0.15) is 17.2 Å². The van der Waals surface area contributed by atoms with E-state index in [1.54, 1.807) is 0 Å². The van der Waals surface area contributed by atoms with E-state index in [2.05, 4.69) is 10.3 Å². The highest BCUT2D eigenvalue weighted by Crippen LogP contribution is 2.13. The molecular weight excluding hydrogens is 338 g/mol. The van der Waals surface area contributed by atoms with Crippen molar-refractivity contribution >= 4 is 17.9 Å². The van der Waals surface area contributed by atoms with Gasteiger partial charge in [-0.2, -0.15) is 0 Å². The first kappa shape index (κ1) is 17.9. The predicted octanol–water partition coefficient (Wildman–Crippen LogP) is 1.96. The molecular formula is C20H18F2N2O2. The largest absolute Gasteiger partial charge is 0.352 e. The number of rotatable bonds is 4. The molecule has 0 aromatic heterocycles. The Morgan fingerprint density at radius 3 is 2.50 bits per heavy atom. The monoisotopic (exact) mass is 356 g/mol. The zero-order valence-electron chi connectivity index (χ0n) is 14.5. The second kappa shape index (κ2) is 7.15. The Kier molecular flexibility index (Phi) is 4.93. The van der Waals surface area contributed by atoms with Crippen LogP contribution >= 0.6 is 0 Å². The number of carbonyl (C=O) groups is 2. The van der Waals surface area contributed by atoms with Crippen LogP contribution in [0.5, 0.6) is 0 Å². The Balaban J connectivity index is 1.70. The fraction of sp³-hybridized carbons (Fsp3) is 0.250. The van der Waals surface area contributed by atoms with E-state index in [0.717, 1.165) is 28.5 Å². The first-order chi connectivity index (χ1) is 12.4. The van der Waals surface area contributed by atoms with Crippen molar-refractivity contribution in [1.29, 1.82) is 0 Å². The van der Waals surface area contributed by atoms with Crippen molar-refractivity contribution in [3.8, 4) is 0 Å². The van der Waals surface area contributed by atoms with Crippen molar-refractivity contribution in [3.63, 3.8) is 0 Å². The highest BCUT2D eigenvalue weighted by atomic mass is 19.1. The van der Waals surface area contributed by atoms with Gasteiger partial charge in [-0.05, 0) is 60.9 Å². The maximum atomic E-state index is 13.6. The highest BCUT2D eigenvalue weighted by molar-refractivity contribution is 5.94. The van der Waals surface area contributed by atoms with Gasteiger partial charge in [0.15, 0.2) is 0 Å². The summed E-state index contributed by atoms with van der Waals surface area (Å²) in [5, 5.41) is 3.98. The summed E-state index contributed by atoms with van der Waals surface area (Å²) in [5.41, 5.74) is 1.55. The molecule has 2 amide bonds. The molecule has 0 radical (unpaired) electrons. The zero-order valence-corrected chi connectivity index (χ0v) is 14.5. The average molecular weight is 356 g/mol. The summed E-state index contributed by atoms with van der Waals surface area (Å²) < 4.78 is 27.2. The standard InChI is InChI=1S/C20H18F2N2O2/c1-11-8-14-10-13(19(25)24-17(14)9-12(11)2)6-7-23-20(26)18-15(21)4-3-5-16(18)22/h3-5,8-10,13H,6-7H2,1-2H3,(H,23,26). The topological polar surface area (TPSA) is 58.5 Å². The molecule has 0 aliphatic carbocycles. The van der Waals surface area contributed by atoms with Crippen LogP contribution in [0.4, 0.5) is 8.78 Å². The predicted molar refractivity (Wildman–Crippen MR) is 93.0 cm³/mol. The summed E-state index contributed by atoms with van der Waals surface area (Å²) in [6.07, 6.45) is 2.13. The van der Waals surface area contributed by atoms with E-state index in [0.29, 0.717) is 11.8 Å². The number of aryl methyl sites for hydroxylation is 2. The van der Waals surface area contributed by atoms with E-state index in [4.69, 9.17) is 0 Å². The maximum absolute atomic E-state index is 13.6. The molecule has 0 bridgehead atoms. The van der Waals surface area contributed by atoms with Gasteiger partial charge in [0.05, 0.1) is 11.3 Å². The number of nitrogens with one attached hydrogen (secondary N) is 1. The van der Waals surface area contributed by atoms with E-state index >= 15 is 0 Å².